The van der Waals surface area contributed by atoms with Crippen molar-refractivity contribution in [1.82, 2.24) is 9.88 Å². The third-order valence-corrected chi connectivity index (χ3v) is 4.77. The molecular weight excluding hydrogens is 304 g/mol. The average Bonchev–Trinajstić information content (AvgIpc) is 3.16. The zero-order valence-electron chi connectivity index (χ0n) is 12.1. The summed E-state index contributed by atoms with van der Waals surface area (Å²) in [7, 11) is 0. The van der Waals surface area contributed by atoms with Crippen molar-refractivity contribution in [3.8, 4) is 10.8 Å². The molecule has 0 radical (unpaired) electrons. The van der Waals surface area contributed by atoms with Crippen molar-refractivity contribution in [2.75, 3.05) is 13.1 Å². The maximum Gasteiger partial charge on any atom is 0.308 e. The minimum absolute atomic E-state index is 0.197. The molecule has 1 N–H and O–H groups in total. The largest absolute Gasteiger partial charge is 0.481 e. The molecule has 22 heavy (non-hydrogen) atoms. The minimum atomic E-state index is -0.844. The van der Waals surface area contributed by atoms with Crippen LogP contribution in [-0.2, 0) is 4.79 Å². The number of piperidine rings is 1. The van der Waals surface area contributed by atoms with Crippen LogP contribution in [0.3, 0.4) is 0 Å². The number of nitrogens with zero attached hydrogens (tertiary/aromatic N) is 2. The fraction of sp³-hybridized carbons (Fsp3) is 0.400. The second-order valence-electron chi connectivity index (χ2n) is 5.33. The molecular formula is C15H16N2O4S. The molecule has 1 aliphatic heterocycles. The fourth-order valence-electron chi connectivity index (χ4n) is 2.61. The Morgan fingerprint density at radius 3 is 3.00 bits per heavy atom. The van der Waals surface area contributed by atoms with Crippen LogP contribution in [-0.4, -0.2) is 40.0 Å². The minimum Gasteiger partial charge on any atom is -0.481 e. The summed E-state index contributed by atoms with van der Waals surface area (Å²) >= 11 is 1.40. The summed E-state index contributed by atoms with van der Waals surface area (Å²) in [6, 6.07) is 3.57. The second-order valence-corrected chi connectivity index (χ2v) is 6.53. The Morgan fingerprint density at radius 1 is 1.50 bits per heavy atom. The molecule has 2 aromatic rings. The Kier molecular flexibility index (Phi) is 3.98. The van der Waals surface area contributed by atoms with Gasteiger partial charge in [0.1, 0.15) is 5.69 Å². The summed E-state index contributed by atoms with van der Waals surface area (Å²) in [4.78, 5) is 30.5. The van der Waals surface area contributed by atoms with E-state index in [4.69, 9.17) is 9.52 Å². The standard InChI is InChI=1S/C15H16N2O4S/c1-9-12(16-13(22-9)11-5-3-7-21-11)14(18)17-6-2-4-10(8-17)15(19)20/h3,5,7,10H,2,4,6,8H2,1H3,(H,19,20). The van der Waals surface area contributed by atoms with E-state index in [9.17, 15) is 9.59 Å². The quantitative estimate of drug-likeness (QED) is 0.940. The number of aryl methyl sites for hydroxylation is 1. The Bertz CT molecular complexity index is 692. The van der Waals surface area contributed by atoms with Crippen molar-refractivity contribution in [3.63, 3.8) is 0 Å². The Labute approximate surface area is 131 Å². The first kappa shape index (κ1) is 14.8. The van der Waals surface area contributed by atoms with Crippen molar-refractivity contribution in [2.24, 2.45) is 5.92 Å². The summed E-state index contributed by atoms with van der Waals surface area (Å²) in [5.41, 5.74) is 0.391. The van der Waals surface area contributed by atoms with Crippen LogP contribution in [0.1, 0.15) is 28.2 Å². The first-order valence-corrected chi connectivity index (χ1v) is 7.91. The molecule has 1 saturated heterocycles. The molecule has 1 atom stereocenters. The molecule has 6 nitrogen and oxygen atoms in total. The van der Waals surface area contributed by atoms with Crippen LogP contribution >= 0.6 is 11.3 Å². The molecule has 0 bridgehead atoms. The van der Waals surface area contributed by atoms with E-state index in [-0.39, 0.29) is 12.5 Å². The fourth-order valence-corrected chi connectivity index (χ4v) is 3.49. The number of aromatic nitrogens is 1. The lowest BCUT2D eigenvalue weighted by Gasteiger charge is -2.30. The molecule has 1 amide bonds. The van der Waals surface area contributed by atoms with E-state index in [0.717, 1.165) is 4.88 Å². The maximum absolute atomic E-state index is 12.6. The van der Waals surface area contributed by atoms with E-state index in [2.05, 4.69) is 4.98 Å². The summed E-state index contributed by atoms with van der Waals surface area (Å²) in [6.45, 7) is 2.67. The van der Waals surface area contributed by atoms with Gasteiger partial charge in [-0.1, -0.05) is 0 Å². The van der Waals surface area contributed by atoms with E-state index in [1.807, 2.05) is 6.92 Å². The normalized spacial score (nSPS) is 18.4. The number of likely N-dealkylation sites (tertiary alicyclic amines) is 1. The van der Waals surface area contributed by atoms with Crippen molar-refractivity contribution < 1.29 is 19.1 Å². The van der Waals surface area contributed by atoms with Crippen LogP contribution in [0.2, 0.25) is 0 Å². The highest BCUT2D eigenvalue weighted by molar-refractivity contribution is 7.15. The number of aliphatic carboxylic acids is 1. The van der Waals surface area contributed by atoms with Gasteiger partial charge in [-0.2, -0.15) is 0 Å². The highest BCUT2D eigenvalue weighted by atomic mass is 32.1. The topological polar surface area (TPSA) is 83.6 Å². The molecule has 1 fully saturated rings. The van der Waals surface area contributed by atoms with Gasteiger partial charge in [0.25, 0.3) is 5.91 Å². The average molecular weight is 320 g/mol. The van der Waals surface area contributed by atoms with Crippen molar-refractivity contribution in [1.29, 1.82) is 0 Å². The third-order valence-electron chi connectivity index (χ3n) is 3.79. The van der Waals surface area contributed by atoms with Gasteiger partial charge in [0.2, 0.25) is 0 Å². The van der Waals surface area contributed by atoms with Gasteiger partial charge in [0.15, 0.2) is 10.8 Å². The number of hydrogen-bond acceptors (Lipinski definition) is 5. The summed E-state index contributed by atoms with van der Waals surface area (Å²) in [5, 5.41) is 9.79. The molecule has 1 unspecified atom stereocenters. The van der Waals surface area contributed by atoms with Crippen LogP contribution in [0.4, 0.5) is 0 Å². The second kappa shape index (κ2) is 5.92. The number of thiazole rings is 1. The molecule has 0 aliphatic carbocycles. The van der Waals surface area contributed by atoms with E-state index in [1.165, 1.54) is 11.3 Å². The molecule has 116 valence electrons. The zero-order valence-corrected chi connectivity index (χ0v) is 12.9. The van der Waals surface area contributed by atoms with Crippen molar-refractivity contribution in [2.45, 2.75) is 19.8 Å². The van der Waals surface area contributed by atoms with Crippen LogP contribution in [0.5, 0.6) is 0 Å². The van der Waals surface area contributed by atoms with Gasteiger partial charge >= 0.3 is 5.97 Å². The van der Waals surface area contributed by atoms with Gasteiger partial charge in [0, 0.05) is 18.0 Å². The van der Waals surface area contributed by atoms with E-state index in [1.54, 1.807) is 23.3 Å². The number of carbonyl (C=O) groups is 2. The van der Waals surface area contributed by atoms with Crippen LogP contribution in [0, 0.1) is 12.8 Å². The molecule has 0 aromatic carbocycles. The van der Waals surface area contributed by atoms with Crippen molar-refractivity contribution >= 4 is 23.2 Å². The smallest absolute Gasteiger partial charge is 0.308 e. The van der Waals surface area contributed by atoms with Gasteiger partial charge in [-0.05, 0) is 31.9 Å². The summed E-state index contributed by atoms with van der Waals surface area (Å²) in [5.74, 6) is -0.892. The zero-order chi connectivity index (χ0) is 15.7. The Morgan fingerprint density at radius 2 is 2.32 bits per heavy atom. The number of carboxylic acids is 1. The lowest BCUT2D eigenvalue weighted by Crippen LogP contribution is -2.42. The number of carboxylic acid groups (broad SMARTS) is 1. The van der Waals surface area contributed by atoms with Crippen molar-refractivity contribution in [3.05, 3.63) is 29.0 Å². The first-order chi connectivity index (χ1) is 10.6. The molecule has 0 spiro atoms. The molecule has 7 heteroatoms. The van der Waals surface area contributed by atoms with E-state index < -0.39 is 11.9 Å². The predicted molar refractivity (Wildman–Crippen MR) is 80.8 cm³/mol. The maximum atomic E-state index is 12.6. The number of carbonyl (C=O) groups excluding carboxylic acids is 1. The highest BCUT2D eigenvalue weighted by Gasteiger charge is 2.30. The molecule has 3 heterocycles. The van der Waals surface area contributed by atoms with Gasteiger partial charge < -0.3 is 14.4 Å². The lowest BCUT2D eigenvalue weighted by atomic mass is 9.98. The summed E-state index contributed by atoms with van der Waals surface area (Å²) in [6.07, 6.45) is 2.89. The predicted octanol–water partition coefficient (Wildman–Crippen LogP) is 2.65. The number of rotatable bonds is 3. The molecule has 2 aromatic heterocycles. The first-order valence-electron chi connectivity index (χ1n) is 7.09. The van der Waals surface area contributed by atoms with E-state index >= 15 is 0 Å². The highest BCUT2D eigenvalue weighted by Crippen LogP contribution is 2.29. The van der Waals surface area contributed by atoms with Crippen LogP contribution < -0.4 is 0 Å². The number of amides is 1. The van der Waals surface area contributed by atoms with Gasteiger partial charge in [0.05, 0.1) is 12.2 Å². The number of hydrogen-bond donors (Lipinski definition) is 1. The summed E-state index contributed by atoms with van der Waals surface area (Å²) < 4.78 is 5.31. The molecule has 3 rings (SSSR count). The monoisotopic (exact) mass is 320 g/mol. The van der Waals surface area contributed by atoms with Gasteiger partial charge in [-0.25, -0.2) is 4.98 Å². The SMILES string of the molecule is Cc1sc(-c2ccco2)nc1C(=O)N1CCCC(C(=O)O)C1. The molecule has 1 aliphatic rings. The Balaban J connectivity index is 1.82. The molecule has 0 saturated carbocycles. The third kappa shape index (κ3) is 2.76. The van der Waals surface area contributed by atoms with Gasteiger partial charge in [-0.15, -0.1) is 11.3 Å². The van der Waals surface area contributed by atoms with Gasteiger partial charge in [-0.3, -0.25) is 9.59 Å². The van der Waals surface area contributed by atoms with Crippen LogP contribution in [0.25, 0.3) is 10.8 Å². The van der Waals surface area contributed by atoms with E-state index in [0.29, 0.717) is 35.8 Å². The Hall–Kier alpha value is -2.15. The van der Waals surface area contributed by atoms with Crippen LogP contribution in [0.15, 0.2) is 22.8 Å². The lowest BCUT2D eigenvalue weighted by molar-refractivity contribution is -0.143. The number of furan rings is 1.